The fourth-order valence-electron chi connectivity index (χ4n) is 1.68. The maximum absolute atomic E-state index is 5.28. The zero-order valence-corrected chi connectivity index (χ0v) is 11.6. The molecule has 1 heterocycles. The first kappa shape index (κ1) is 14.9. The zero-order chi connectivity index (χ0) is 13.4. The van der Waals surface area contributed by atoms with E-state index in [0.717, 1.165) is 18.1 Å². The Labute approximate surface area is 109 Å². The van der Waals surface area contributed by atoms with Crippen LogP contribution < -0.4 is 10.6 Å². The average Bonchev–Trinajstić information content (AvgIpc) is 2.37. The molecule has 1 atom stereocenters. The van der Waals surface area contributed by atoms with E-state index in [1.54, 1.807) is 14.2 Å². The van der Waals surface area contributed by atoms with E-state index in [1.165, 1.54) is 5.56 Å². The Morgan fingerprint density at radius 1 is 1.33 bits per heavy atom. The molecule has 0 amide bonds. The van der Waals surface area contributed by atoms with Crippen LogP contribution in [0, 0.1) is 6.92 Å². The molecule has 0 saturated heterocycles. The first-order valence-corrected chi connectivity index (χ1v) is 6.08. The third-order valence-electron chi connectivity index (χ3n) is 2.76. The van der Waals surface area contributed by atoms with E-state index >= 15 is 0 Å². The number of anilines is 1. The van der Waals surface area contributed by atoms with Crippen molar-refractivity contribution in [1.29, 1.82) is 0 Å². The summed E-state index contributed by atoms with van der Waals surface area (Å²) in [5, 5.41) is 6.38. The average molecular weight is 253 g/mol. The number of aryl methyl sites for hydroxylation is 1. The fourth-order valence-corrected chi connectivity index (χ4v) is 1.68. The minimum Gasteiger partial charge on any atom is -0.382 e. The molecular formula is C13H23N3O2. The van der Waals surface area contributed by atoms with E-state index in [0.29, 0.717) is 13.2 Å². The molecule has 0 aliphatic carbocycles. The molecule has 0 aromatic carbocycles. The van der Waals surface area contributed by atoms with Crippen molar-refractivity contribution in [3.05, 3.63) is 23.4 Å². The number of pyridine rings is 1. The highest BCUT2D eigenvalue weighted by atomic mass is 16.5. The zero-order valence-electron chi connectivity index (χ0n) is 11.6. The van der Waals surface area contributed by atoms with Crippen LogP contribution in [0.1, 0.15) is 11.3 Å². The number of hydrogen-bond acceptors (Lipinski definition) is 5. The van der Waals surface area contributed by atoms with Crippen molar-refractivity contribution in [2.45, 2.75) is 19.6 Å². The van der Waals surface area contributed by atoms with Gasteiger partial charge >= 0.3 is 0 Å². The van der Waals surface area contributed by atoms with E-state index in [-0.39, 0.29) is 6.10 Å². The molecule has 1 aromatic heterocycles. The smallest absolute Gasteiger partial charge is 0.126 e. The van der Waals surface area contributed by atoms with Crippen LogP contribution in [0.2, 0.25) is 0 Å². The van der Waals surface area contributed by atoms with Crippen LogP contribution in [-0.4, -0.2) is 45.5 Å². The second-order valence-electron chi connectivity index (χ2n) is 4.17. The predicted molar refractivity (Wildman–Crippen MR) is 72.9 cm³/mol. The van der Waals surface area contributed by atoms with Gasteiger partial charge in [0.05, 0.1) is 12.7 Å². The van der Waals surface area contributed by atoms with Gasteiger partial charge in [-0.15, -0.1) is 0 Å². The maximum Gasteiger partial charge on any atom is 0.126 e. The van der Waals surface area contributed by atoms with Gasteiger partial charge in [-0.1, -0.05) is 6.07 Å². The number of rotatable bonds is 8. The highest BCUT2D eigenvalue weighted by Gasteiger charge is 2.07. The number of hydrogen-bond donors (Lipinski definition) is 2. The first-order valence-electron chi connectivity index (χ1n) is 6.08. The summed E-state index contributed by atoms with van der Waals surface area (Å²) < 4.78 is 10.3. The Morgan fingerprint density at radius 2 is 2.11 bits per heavy atom. The van der Waals surface area contributed by atoms with E-state index in [9.17, 15) is 0 Å². The van der Waals surface area contributed by atoms with Crippen LogP contribution in [-0.2, 0) is 16.0 Å². The normalized spacial score (nSPS) is 12.4. The van der Waals surface area contributed by atoms with Crippen molar-refractivity contribution in [2.24, 2.45) is 0 Å². The van der Waals surface area contributed by atoms with Gasteiger partial charge in [0.15, 0.2) is 0 Å². The molecule has 102 valence electrons. The van der Waals surface area contributed by atoms with Crippen molar-refractivity contribution in [3.63, 3.8) is 0 Å². The van der Waals surface area contributed by atoms with Gasteiger partial charge in [0.1, 0.15) is 5.82 Å². The molecule has 0 bridgehead atoms. The van der Waals surface area contributed by atoms with Gasteiger partial charge < -0.3 is 20.1 Å². The minimum atomic E-state index is 0.0362. The Balaban J connectivity index is 2.54. The van der Waals surface area contributed by atoms with E-state index in [2.05, 4.69) is 21.7 Å². The van der Waals surface area contributed by atoms with Crippen LogP contribution in [0.3, 0.4) is 0 Å². The molecule has 2 N–H and O–H groups in total. The molecule has 0 fully saturated rings. The number of ether oxygens (including phenoxy) is 2. The Bertz CT molecular complexity index is 358. The van der Waals surface area contributed by atoms with Crippen LogP contribution in [0.5, 0.6) is 0 Å². The number of nitrogens with one attached hydrogen (secondary N) is 2. The predicted octanol–water partition coefficient (Wildman–Crippen LogP) is 1.18. The topological polar surface area (TPSA) is 55.4 Å². The monoisotopic (exact) mass is 253 g/mol. The number of methoxy groups -OCH3 is 2. The van der Waals surface area contributed by atoms with E-state index < -0.39 is 0 Å². The molecule has 1 aromatic rings. The highest BCUT2D eigenvalue weighted by molar-refractivity contribution is 5.38. The van der Waals surface area contributed by atoms with Gasteiger partial charge in [0.2, 0.25) is 0 Å². The number of aromatic nitrogens is 1. The van der Waals surface area contributed by atoms with Crippen LogP contribution in [0.25, 0.3) is 0 Å². The summed E-state index contributed by atoms with van der Waals surface area (Å²) in [4.78, 5) is 4.51. The van der Waals surface area contributed by atoms with Crippen molar-refractivity contribution in [3.8, 4) is 0 Å². The van der Waals surface area contributed by atoms with Gasteiger partial charge in [-0.2, -0.15) is 0 Å². The summed E-state index contributed by atoms with van der Waals surface area (Å²) in [7, 11) is 5.28. The van der Waals surface area contributed by atoms with Gasteiger partial charge in [0.25, 0.3) is 0 Å². The summed E-state index contributed by atoms with van der Waals surface area (Å²) in [6.07, 6.45) is 0.0362. The van der Waals surface area contributed by atoms with Crippen LogP contribution >= 0.6 is 0 Å². The quantitative estimate of drug-likeness (QED) is 0.728. The maximum atomic E-state index is 5.28. The van der Waals surface area contributed by atoms with Crippen molar-refractivity contribution in [2.75, 3.05) is 39.7 Å². The summed E-state index contributed by atoms with van der Waals surface area (Å²) in [5.74, 6) is 0.866. The van der Waals surface area contributed by atoms with Crippen LogP contribution in [0.4, 0.5) is 5.82 Å². The van der Waals surface area contributed by atoms with Gasteiger partial charge in [-0.3, -0.25) is 0 Å². The first-order chi connectivity index (χ1) is 8.71. The van der Waals surface area contributed by atoms with Crippen LogP contribution in [0.15, 0.2) is 12.1 Å². The largest absolute Gasteiger partial charge is 0.382 e. The SMILES string of the molecule is CNCc1ccc(NCC(COC)OC)nc1C. The summed E-state index contributed by atoms with van der Waals surface area (Å²) >= 11 is 0. The minimum absolute atomic E-state index is 0.0362. The molecule has 5 heteroatoms. The molecule has 0 spiro atoms. The summed E-state index contributed by atoms with van der Waals surface area (Å²) in [5.41, 5.74) is 2.25. The van der Waals surface area contributed by atoms with Gasteiger partial charge in [-0.05, 0) is 25.6 Å². The van der Waals surface area contributed by atoms with Crippen molar-refractivity contribution >= 4 is 5.82 Å². The third-order valence-corrected chi connectivity index (χ3v) is 2.76. The Hall–Kier alpha value is -1.17. The molecule has 0 saturated carbocycles. The molecule has 18 heavy (non-hydrogen) atoms. The second kappa shape index (κ2) is 8.02. The standard InChI is InChI=1S/C13H23N3O2/c1-10-11(7-14-2)5-6-13(16-10)15-8-12(18-4)9-17-3/h5-6,12,14H,7-9H2,1-4H3,(H,15,16). The molecule has 0 radical (unpaired) electrons. The third kappa shape index (κ3) is 4.60. The van der Waals surface area contributed by atoms with E-state index in [4.69, 9.17) is 9.47 Å². The molecule has 0 aliphatic heterocycles. The number of nitrogens with zero attached hydrogens (tertiary/aromatic N) is 1. The summed E-state index contributed by atoms with van der Waals surface area (Å²) in [6.45, 7) is 4.10. The molecule has 1 rings (SSSR count). The Morgan fingerprint density at radius 3 is 2.67 bits per heavy atom. The van der Waals surface area contributed by atoms with Gasteiger partial charge in [0, 0.05) is 33.0 Å². The molecule has 1 unspecified atom stereocenters. The molecule has 5 nitrogen and oxygen atoms in total. The van der Waals surface area contributed by atoms with Crippen molar-refractivity contribution in [1.82, 2.24) is 10.3 Å². The lowest BCUT2D eigenvalue weighted by Crippen LogP contribution is -2.27. The highest BCUT2D eigenvalue weighted by Crippen LogP contribution is 2.10. The molecular weight excluding hydrogens is 230 g/mol. The fraction of sp³-hybridized carbons (Fsp3) is 0.615. The van der Waals surface area contributed by atoms with E-state index in [1.807, 2.05) is 20.0 Å². The lowest BCUT2D eigenvalue weighted by atomic mass is 10.2. The lowest BCUT2D eigenvalue weighted by Gasteiger charge is -2.16. The Kier molecular flexibility index (Phi) is 6.64. The van der Waals surface area contributed by atoms with Crippen molar-refractivity contribution < 1.29 is 9.47 Å². The lowest BCUT2D eigenvalue weighted by molar-refractivity contribution is 0.0365. The second-order valence-corrected chi connectivity index (χ2v) is 4.17. The summed E-state index contributed by atoms with van der Waals surface area (Å²) in [6, 6.07) is 4.07. The van der Waals surface area contributed by atoms with Gasteiger partial charge in [-0.25, -0.2) is 4.98 Å². The molecule has 0 aliphatic rings.